The third-order valence-electron chi connectivity index (χ3n) is 3.74. The van der Waals surface area contributed by atoms with Gasteiger partial charge in [0.05, 0.1) is 7.11 Å². The van der Waals surface area contributed by atoms with Gasteiger partial charge in [0.1, 0.15) is 5.75 Å². The Balaban J connectivity index is 2.02. The number of carbonyl (C=O) groups is 1. The lowest BCUT2D eigenvalue weighted by atomic mass is 9.85. The maximum atomic E-state index is 13.2. The molecule has 1 fully saturated rings. The molecule has 0 radical (unpaired) electrons. The standard InChI is InChI=1S/C14H17F3N2O2/c1-21-11-4-2-10(3-5-11)8-19-12(20)13(14(15,16)17)6-7-18-9-13/h2-5,18H,6-9H2,1H3,(H,19,20). The second kappa shape index (κ2) is 5.93. The molecule has 0 spiro atoms. The van der Waals surface area contributed by atoms with Crippen LogP contribution >= 0.6 is 0 Å². The van der Waals surface area contributed by atoms with Gasteiger partial charge in [-0.15, -0.1) is 0 Å². The first-order chi connectivity index (χ1) is 9.89. The molecule has 21 heavy (non-hydrogen) atoms. The smallest absolute Gasteiger partial charge is 0.404 e. The average Bonchev–Trinajstić information content (AvgIpc) is 2.96. The maximum Gasteiger partial charge on any atom is 0.404 e. The minimum absolute atomic E-state index is 0.0562. The van der Waals surface area contributed by atoms with Gasteiger partial charge in [-0.3, -0.25) is 4.79 Å². The minimum Gasteiger partial charge on any atom is -0.497 e. The number of carbonyl (C=O) groups excluding carboxylic acids is 1. The van der Waals surface area contributed by atoms with Crippen LogP contribution in [0.2, 0.25) is 0 Å². The van der Waals surface area contributed by atoms with E-state index in [0.29, 0.717) is 11.3 Å². The SMILES string of the molecule is COc1ccc(CNC(=O)C2(C(F)(F)F)CCNC2)cc1. The van der Waals surface area contributed by atoms with Crippen LogP contribution in [-0.4, -0.2) is 32.3 Å². The van der Waals surface area contributed by atoms with Crippen LogP contribution in [0, 0.1) is 5.41 Å². The Morgan fingerprint density at radius 2 is 2.05 bits per heavy atom. The molecule has 1 aliphatic heterocycles. The summed E-state index contributed by atoms with van der Waals surface area (Å²) in [5.41, 5.74) is -1.60. The molecule has 0 saturated carbocycles. The Labute approximate surface area is 120 Å². The molecule has 1 amide bonds. The normalized spacial score (nSPS) is 22.1. The van der Waals surface area contributed by atoms with E-state index < -0.39 is 17.5 Å². The van der Waals surface area contributed by atoms with Gasteiger partial charge in [0.15, 0.2) is 5.41 Å². The molecule has 2 rings (SSSR count). The van der Waals surface area contributed by atoms with Crippen LogP contribution in [0.4, 0.5) is 13.2 Å². The fourth-order valence-corrected chi connectivity index (χ4v) is 2.35. The highest BCUT2D eigenvalue weighted by Crippen LogP contribution is 2.43. The lowest BCUT2D eigenvalue weighted by Crippen LogP contribution is -2.52. The van der Waals surface area contributed by atoms with Crippen molar-refractivity contribution in [3.05, 3.63) is 29.8 Å². The van der Waals surface area contributed by atoms with Gasteiger partial charge in [0, 0.05) is 13.1 Å². The zero-order valence-electron chi connectivity index (χ0n) is 11.6. The van der Waals surface area contributed by atoms with Crippen LogP contribution in [0.1, 0.15) is 12.0 Å². The molecule has 1 aromatic rings. The number of halogens is 3. The summed E-state index contributed by atoms with van der Waals surface area (Å²) in [5.74, 6) is -0.326. The fraction of sp³-hybridized carbons (Fsp3) is 0.500. The predicted octanol–water partition coefficient (Wildman–Crippen LogP) is 1.85. The molecule has 2 N–H and O–H groups in total. The Morgan fingerprint density at radius 1 is 1.38 bits per heavy atom. The van der Waals surface area contributed by atoms with Crippen molar-refractivity contribution >= 4 is 5.91 Å². The van der Waals surface area contributed by atoms with Crippen LogP contribution in [0.15, 0.2) is 24.3 Å². The van der Waals surface area contributed by atoms with Crippen molar-refractivity contribution in [2.75, 3.05) is 20.2 Å². The van der Waals surface area contributed by atoms with Gasteiger partial charge in [-0.25, -0.2) is 0 Å². The number of alkyl halides is 3. The van der Waals surface area contributed by atoms with E-state index >= 15 is 0 Å². The zero-order valence-corrected chi connectivity index (χ0v) is 11.6. The molecule has 1 heterocycles. The molecule has 1 unspecified atom stereocenters. The number of ether oxygens (including phenoxy) is 1. The van der Waals surface area contributed by atoms with Crippen LogP contribution in [0.25, 0.3) is 0 Å². The summed E-state index contributed by atoms with van der Waals surface area (Å²) in [7, 11) is 1.52. The molecule has 0 bridgehead atoms. The molecule has 1 saturated heterocycles. The number of hydrogen-bond acceptors (Lipinski definition) is 3. The van der Waals surface area contributed by atoms with E-state index in [4.69, 9.17) is 4.74 Å². The van der Waals surface area contributed by atoms with E-state index in [-0.39, 0.29) is 26.1 Å². The van der Waals surface area contributed by atoms with E-state index in [1.807, 2.05) is 0 Å². The van der Waals surface area contributed by atoms with Gasteiger partial charge in [-0.05, 0) is 30.7 Å². The highest BCUT2D eigenvalue weighted by Gasteiger charge is 2.61. The maximum absolute atomic E-state index is 13.2. The van der Waals surface area contributed by atoms with E-state index in [2.05, 4.69) is 10.6 Å². The Morgan fingerprint density at radius 3 is 2.52 bits per heavy atom. The molecule has 1 aromatic carbocycles. The molecule has 1 aliphatic rings. The molecular formula is C14H17F3N2O2. The predicted molar refractivity (Wildman–Crippen MR) is 70.8 cm³/mol. The summed E-state index contributed by atoms with van der Waals surface area (Å²) in [6.07, 6.45) is -4.79. The molecule has 0 aromatic heterocycles. The molecule has 1 atom stereocenters. The van der Waals surface area contributed by atoms with Crippen molar-refractivity contribution in [1.29, 1.82) is 0 Å². The summed E-state index contributed by atoms with van der Waals surface area (Å²) in [4.78, 5) is 12.0. The van der Waals surface area contributed by atoms with Gasteiger partial charge in [0.25, 0.3) is 0 Å². The lowest BCUT2D eigenvalue weighted by molar-refractivity contribution is -0.216. The number of nitrogens with one attached hydrogen (secondary N) is 2. The molecular weight excluding hydrogens is 285 g/mol. The van der Waals surface area contributed by atoms with Crippen molar-refractivity contribution in [2.45, 2.75) is 19.1 Å². The number of benzene rings is 1. The monoisotopic (exact) mass is 302 g/mol. The van der Waals surface area contributed by atoms with Gasteiger partial charge in [-0.2, -0.15) is 13.2 Å². The largest absolute Gasteiger partial charge is 0.497 e. The first-order valence-electron chi connectivity index (χ1n) is 6.58. The van der Waals surface area contributed by atoms with Crippen LogP contribution in [0.5, 0.6) is 5.75 Å². The van der Waals surface area contributed by atoms with Gasteiger partial charge < -0.3 is 15.4 Å². The quantitative estimate of drug-likeness (QED) is 0.892. The topological polar surface area (TPSA) is 50.4 Å². The van der Waals surface area contributed by atoms with Crippen LogP contribution in [0.3, 0.4) is 0 Å². The first-order valence-corrected chi connectivity index (χ1v) is 6.58. The zero-order chi connectivity index (χ0) is 15.5. The molecule has 0 aliphatic carbocycles. The fourth-order valence-electron chi connectivity index (χ4n) is 2.35. The molecule has 7 heteroatoms. The Kier molecular flexibility index (Phi) is 4.41. The van der Waals surface area contributed by atoms with Crippen molar-refractivity contribution in [2.24, 2.45) is 5.41 Å². The third kappa shape index (κ3) is 3.12. The second-order valence-corrected chi connectivity index (χ2v) is 5.04. The number of amides is 1. The summed E-state index contributed by atoms with van der Waals surface area (Å²) in [6.45, 7) is -0.124. The van der Waals surface area contributed by atoms with E-state index in [9.17, 15) is 18.0 Å². The number of methoxy groups -OCH3 is 1. The van der Waals surface area contributed by atoms with E-state index in [1.165, 1.54) is 7.11 Å². The second-order valence-electron chi connectivity index (χ2n) is 5.04. The minimum atomic E-state index is -4.56. The van der Waals surface area contributed by atoms with Gasteiger partial charge >= 0.3 is 6.18 Å². The van der Waals surface area contributed by atoms with Gasteiger partial charge in [-0.1, -0.05) is 12.1 Å². The summed E-state index contributed by atoms with van der Waals surface area (Å²) in [6, 6.07) is 6.79. The third-order valence-corrected chi connectivity index (χ3v) is 3.74. The average molecular weight is 302 g/mol. The summed E-state index contributed by atoms with van der Waals surface area (Å²) in [5, 5.41) is 5.00. The summed E-state index contributed by atoms with van der Waals surface area (Å²) < 4.78 is 44.5. The number of rotatable bonds is 4. The van der Waals surface area contributed by atoms with Crippen molar-refractivity contribution in [1.82, 2.24) is 10.6 Å². The summed E-state index contributed by atoms with van der Waals surface area (Å²) >= 11 is 0. The first kappa shape index (κ1) is 15.6. The van der Waals surface area contributed by atoms with E-state index in [0.717, 1.165) is 0 Å². The van der Waals surface area contributed by atoms with Crippen molar-refractivity contribution in [3.8, 4) is 5.75 Å². The molecule has 4 nitrogen and oxygen atoms in total. The van der Waals surface area contributed by atoms with Crippen LogP contribution < -0.4 is 15.4 Å². The van der Waals surface area contributed by atoms with Crippen molar-refractivity contribution in [3.63, 3.8) is 0 Å². The van der Waals surface area contributed by atoms with Gasteiger partial charge in [0.2, 0.25) is 5.91 Å². The van der Waals surface area contributed by atoms with E-state index in [1.54, 1.807) is 24.3 Å². The number of hydrogen-bond donors (Lipinski definition) is 2. The van der Waals surface area contributed by atoms with Crippen LogP contribution in [-0.2, 0) is 11.3 Å². The van der Waals surface area contributed by atoms with Crippen molar-refractivity contribution < 1.29 is 22.7 Å². The highest BCUT2D eigenvalue weighted by atomic mass is 19.4. The Hall–Kier alpha value is -1.76. The highest BCUT2D eigenvalue weighted by molar-refractivity contribution is 5.84. The Bertz CT molecular complexity index is 494. The lowest BCUT2D eigenvalue weighted by Gasteiger charge is -2.29. The molecule has 116 valence electrons.